The zero-order valence-corrected chi connectivity index (χ0v) is 14.3. The molecule has 1 unspecified atom stereocenters. The van der Waals surface area contributed by atoms with Crippen molar-refractivity contribution in [2.24, 2.45) is 0 Å². The largest absolute Gasteiger partial charge is 0.389 e. The molecular weight excluding hydrogens is 335 g/mol. The Morgan fingerprint density at radius 3 is 2.61 bits per heavy atom. The van der Waals surface area contributed by atoms with E-state index < -0.39 is 6.10 Å². The van der Waals surface area contributed by atoms with Crippen molar-refractivity contribution in [2.75, 3.05) is 6.54 Å². The highest BCUT2D eigenvalue weighted by molar-refractivity contribution is 6.39. The van der Waals surface area contributed by atoms with E-state index in [9.17, 15) is 9.90 Å². The Hall–Kier alpha value is -1.49. The van der Waals surface area contributed by atoms with E-state index in [1.165, 1.54) is 0 Å². The van der Waals surface area contributed by atoms with Crippen molar-refractivity contribution in [1.82, 2.24) is 9.47 Å². The van der Waals surface area contributed by atoms with Crippen LogP contribution in [0.5, 0.6) is 0 Å². The van der Waals surface area contributed by atoms with Crippen LogP contribution in [-0.2, 0) is 13.1 Å². The second kappa shape index (κ2) is 6.56. The van der Waals surface area contributed by atoms with Gasteiger partial charge in [-0.25, -0.2) is 0 Å². The molecule has 0 radical (unpaired) electrons. The molecule has 6 heteroatoms. The fourth-order valence-electron chi connectivity index (χ4n) is 2.89. The molecule has 1 N–H and O–H groups in total. The topological polar surface area (TPSA) is 45.5 Å². The van der Waals surface area contributed by atoms with Crippen LogP contribution in [0.4, 0.5) is 0 Å². The Kier molecular flexibility index (Phi) is 4.67. The number of hydrogen-bond donors (Lipinski definition) is 1. The molecule has 2 aromatic rings. The molecule has 2 heterocycles. The Bertz CT molecular complexity index is 720. The van der Waals surface area contributed by atoms with Crippen molar-refractivity contribution in [2.45, 2.75) is 32.5 Å². The molecule has 3 rings (SSSR count). The molecule has 1 aromatic carbocycles. The van der Waals surface area contributed by atoms with Gasteiger partial charge in [-0.2, -0.15) is 0 Å². The number of halogens is 2. The van der Waals surface area contributed by atoms with Crippen molar-refractivity contribution in [1.29, 1.82) is 0 Å². The number of carbonyl (C=O) groups is 1. The molecule has 1 amide bonds. The number of aliphatic hydroxyl groups excluding tert-OH is 1. The van der Waals surface area contributed by atoms with Gasteiger partial charge in [-0.1, -0.05) is 29.3 Å². The third-order valence-corrected chi connectivity index (χ3v) is 4.76. The number of hydrogen-bond acceptors (Lipinski definition) is 2. The van der Waals surface area contributed by atoms with Crippen LogP contribution >= 0.6 is 23.2 Å². The van der Waals surface area contributed by atoms with Gasteiger partial charge in [0.05, 0.1) is 28.3 Å². The number of aryl methyl sites for hydroxylation is 1. The minimum atomic E-state index is -0.517. The summed E-state index contributed by atoms with van der Waals surface area (Å²) < 4.78 is 2.10. The van der Waals surface area contributed by atoms with Gasteiger partial charge in [0.1, 0.15) is 0 Å². The molecule has 1 atom stereocenters. The SMILES string of the molecule is CC(O)c1cc2n(c1)CCCN(C(=O)c1c(Cl)cccc1Cl)C2. The first-order valence-corrected chi connectivity index (χ1v) is 8.33. The van der Waals surface area contributed by atoms with Gasteiger partial charge in [-0.15, -0.1) is 0 Å². The molecule has 0 saturated heterocycles. The molecule has 1 aromatic heterocycles. The maximum absolute atomic E-state index is 12.8. The van der Waals surface area contributed by atoms with Gasteiger partial charge < -0.3 is 14.6 Å². The number of benzene rings is 1. The highest BCUT2D eigenvalue weighted by atomic mass is 35.5. The zero-order chi connectivity index (χ0) is 16.6. The summed E-state index contributed by atoms with van der Waals surface area (Å²) in [5, 5.41) is 10.5. The normalized spacial score (nSPS) is 15.9. The zero-order valence-electron chi connectivity index (χ0n) is 12.8. The van der Waals surface area contributed by atoms with Crippen molar-refractivity contribution >= 4 is 29.1 Å². The highest BCUT2D eigenvalue weighted by Crippen LogP contribution is 2.28. The Morgan fingerprint density at radius 2 is 1.96 bits per heavy atom. The lowest BCUT2D eigenvalue weighted by atomic mass is 10.1. The summed E-state index contributed by atoms with van der Waals surface area (Å²) in [6, 6.07) is 7.02. The molecule has 0 spiro atoms. The van der Waals surface area contributed by atoms with Crippen LogP contribution in [0.1, 0.15) is 41.1 Å². The van der Waals surface area contributed by atoms with E-state index >= 15 is 0 Å². The minimum absolute atomic E-state index is 0.158. The summed E-state index contributed by atoms with van der Waals surface area (Å²) in [6.07, 6.45) is 2.28. The van der Waals surface area contributed by atoms with Crippen LogP contribution in [0.2, 0.25) is 10.0 Å². The van der Waals surface area contributed by atoms with Crippen LogP contribution in [0, 0.1) is 0 Å². The maximum atomic E-state index is 12.8. The summed E-state index contributed by atoms with van der Waals surface area (Å²) in [6.45, 7) is 3.68. The average Bonchev–Trinajstić information content (AvgIpc) is 2.79. The smallest absolute Gasteiger partial charge is 0.257 e. The summed E-state index contributed by atoms with van der Waals surface area (Å²) in [7, 11) is 0. The molecule has 122 valence electrons. The lowest BCUT2D eigenvalue weighted by Crippen LogP contribution is -2.31. The fraction of sp³-hybridized carbons (Fsp3) is 0.353. The number of fused-ring (bicyclic) bond motifs is 1. The van der Waals surface area contributed by atoms with Crippen LogP contribution in [-0.4, -0.2) is 27.0 Å². The number of rotatable bonds is 2. The van der Waals surface area contributed by atoms with Gasteiger partial charge in [0.15, 0.2) is 0 Å². The predicted octanol–water partition coefficient (Wildman–Crippen LogP) is 3.89. The van der Waals surface area contributed by atoms with E-state index in [2.05, 4.69) is 4.57 Å². The van der Waals surface area contributed by atoms with Crippen molar-refractivity contribution in [3.05, 3.63) is 57.3 Å². The van der Waals surface area contributed by atoms with Gasteiger partial charge in [0.25, 0.3) is 5.91 Å². The number of aromatic nitrogens is 1. The molecule has 0 bridgehead atoms. The predicted molar refractivity (Wildman–Crippen MR) is 90.9 cm³/mol. The Balaban J connectivity index is 1.90. The van der Waals surface area contributed by atoms with Crippen molar-refractivity contribution < 1.29 is 9.90 Å². The monoisotopic (exact) mass is 352 g/mol. The second-order valence-corrected chi connectivity index (χ2v) is 6.63. The summed E-state index contributed by atoms with van der Waals surface area (Å²) in [5.41, 5.74) is 2.23. The van der Waals surface area contributed by atoms with E-state index in [0.717, 1.165) is 24.2 Å². The maximum Gasteiger partial charge on any atom is 0.257 e. The summed E-state index contributed by atoms with van der Waals surface area (Å²) >= 11 is 12.3. The Labute approximate surface area is 145 Å². The number of carbonyl (C=O) groups excluding carboxylic acids is 1. The first-order valence-electron chi connectivity index (χ1n) is 7.57. The van der Waals surface area contributed by atoms with E-state index in [1.54, 1.807) is 30.0 Å². The van der Waals surface area contributed by atoms with E-state index in [0.29, 0.717) is 28.7 Å². The second-order valence-electron chi connectivity index (χ2n) is 5.81. The van der Waals surface area contributed by atoms with Gasteiger partial charge in [0.2, 0.25) is 0 Å². The standard InChI is InChI=1S/C17H18Cl2N2O2/c1-11(22)12-8-13-10-21(7-3-6-20(13)9-12)17(23)16-14(18)4-2-5-15(16)19/h2,4-5,8-9,11,22H,3,6-7,10H2,1H3. The molecular formula is C17H18Cl2N2O2. The fourth-order valence-corrected chi connectivity index (χ4v) is 3.45. The quantitative estimate of drug-likeness (QED) is 0.890. The summed E-state index contributed by atoms with van der Waals surface area (Å²) in [5.74, 6) is -0.158. The van der Waals surface area contributed by atoms with E-state index in [1.807, 2.05) is 12.3 Å². The van der Waals surface area contributed by atoms with Crippen LogP contribution in [0.15, 0.2) is 30.5 Å². The first-order chi connectivity index (χ1) is 11.0. The van der Waals surface area contributed by atoms with Gasteiger partial charge in [-0.3, -0.25) is 4.79 Å². The lowest BCUT2D eigenvalue weighted by Gasteiger charge is -2.21. The molecule has 1 aliphatic rings. The third kappa shape index (κ3) is 3.25. The number of aliphatic hydroxyl groups is 1. The van der Waals surface area contributed by atoms with Gasteiger partial charge in [0, 0.05) is 25.0 Å². The van der Waals surface area contributed by atoms with Crippen molar-refractivity contribution in [3.63, 3.8) is 0 Å². The average molecular weight is 353 g/mol. The summed E-state index contributed by atoms with van der Waals surface area (Å²) in [4.78, 5) is 14.6. The van der Waals surface area contributed by atoms with Crippen LogP contribution < -0.4 is 0 Å². The van der Waals surface area contributed by atoms with E-state index in [-0.39, 0.29) is 5.91 Å². The van der Waals surface area contributed by atoms with Crippen LogP contribution in [0.25, 0.3) is 0 Å². The van der Waals surface area contributed by atoms with E-state index in [4.69, 9.17) is 23.2 Å². The highest BCUT2D eigenvalue weighted by Gasteiger charge is 2.24. The van der Waals surface area contributed by atoms with Gasteiger partial charge in [-0.05, 0) is 37.1 Å². The molecule has 0 saturated carbocycles. The molecule has 23 heavy (non-hydrogen) atoms. The Morgan fingerprint density at radius 1 is 1.26 bits per heavy atom. The minimum Gasteiger partial charge on any atom is -0.389 e. The number of nitrogens with zero attached hydrogens (tertiary/aromatic N) is 2. The lowest BCUT2D eigenvalue weighted by molar-refractivity contribution is 0.0746. The number of amides is 1. The molecule has 0 aliphatic carbocycles. The van der Waals surface area contributed by atoms with Crippen LogP contribution in [0.3, 0.4) is 0 Å². The molecule has 1 aliphatic heterocycles. The van der Waals surface area contributed by atoms with Crippen molar-refractivity contribution in [3.8, 4) is 0 Å². The van der Waals surface area contributed by atoms with Gasteiger partial charge >= 0.3 is 0 Å². The molecule has 4 nitrogen and oxygen atoms in total. The first kappa shape index (κ1) is 16.4. The third-order valence-electron chi connectivity index (χ3n) is 4.13. The molecule has 0 fully saturated rings.